The predicted octanol–water partition coefficient (Wildman–Crippen LogP) is 2.82. The van der Waals surface area contributed by atoms with Crippen molar-refractivity contribution in [3.63, 3.8) is 0 Å². The van der Waals surface area contributed by atoms with E-state index in [4.69, 9.17) is 9.47 Å². The van der Waals surface area contributed by atoms with Gasteiger partial charge in [-0.2, -0.15) is 0 Å². The molecule has 2 aliphatic rings. The molecule has 1 atom stereocenters. The fraction of sp³-hybridized carbons (Fsp3) is 0.800. The van der Waals surface area contributed by atoms with Gasteiger partial charge in [0, 0.05) is 18.8 Å². The van der Waals surface area contributed by atoms with E-state index in [0.717, 1.165) is 25.7 Å². The van der Waals surface area contributed by atoms with Gasteiger partial charge in [0.2, 0.25) is 0 Å². The van der Waals surface area contributed by atoms with Crippen LogP contribution in [-0.2, 0) is 19.0 Å². The van der Waals surface area contributed by atoms with E-state index in [1.165, 1.54) is 18.3 Å². The van der Waals surface area contributed by atoms with E-state index < -0.39 is 5.79 Å². The molecule has 4 nitrogen and oxygen atoms in total. The SMILES string of the molecule is COC(=O)CCCC1=C(C)CCC2(OCCO2)C1C. The van der Waals surface area contributed by atoms with Crippen LogP contribution in [0.3, 0.4) is 0 Å². The topological polar surface area (TPSA) is 44.8 Å². The third-order valence-electron chi connectivity index (χ3n) is 4.41. The molecule has 0 aromatic heterocycles. The predicted molar refractivity (Wildman–Crippen MR) is 71.6 cm³/mol. The van der Waals surface area contributed by atoms with Gasteiger partial charge < -0.3 is 14.2 Å². The van der Waals surface area contributed by atoms with Crippen LogP contribution in [0.2, 0.25) is 0 Å². The maximum absolute atomic E-state index is 11.2. The first-order valence-electron chi connectivity index (χ1n) is 7.12. The Morgan fingerprint density at radius 1 is 1.42 bits per heavy atom. The first kappa shape index (κ1) is 14.5. The van der Waals surface area contributed by atoms with E-state index in [1.54, 1.807) is 0 Å². The van der Waals surface area contributed by atoms with Crippen LogP contribution in [-0.4, -0.2) is 32.1 Å². The van der Waals surface area contributed by atoms with Gasteiger partial charge in [-0.05, 0) is 26.2 Å². The van der Waals surface area contributed by atoms with Crippen molar-refractivity contribution in [1.29, 1.82) is 0 Å². The number of methoxy groups -OCH3 is 1. The van der Waals surface area contributed by atoms with Crippen LogP contribution in [0.4, 0.5) is 0 Å². The molecule has 0 aromatic carbocycles. The molecule has 0 aromatic rings. The highest BCUT2D eigenvalue weighted by atomic mass is 16.7. The molecule has 0 saturated carbocycles. The molecule has 4 heteroatoms. The van der Waals surface area contributed by atoms with E-state index in [0.29, 0.717) is 19.6 Å². The Hall–Kier alpha value is -0.870. The number of allylic oxidation sites excluding steroid dienone is 1. The van der Waals surface area contributed by atoms with Crippen molar-refractivity contribution in [3.8, 4) is 0 Å². The van der Waals surface area contributed by atoms with Crippen molar-refractivity contribution in [2.24, 2.45) is 5.92 Å². The summed E-state index contributed by atoms with van der Waals surface area (Å²) in [4.78, 5) is 11.2. The van der Waals surface area contributed by atoms with Crippen LogP contribution < -0.4 is 0 Å². The molecule has 0 bridgehead atoms. The Balaban J connectivity index is 1.99. The maximum atomic E-state index is 11.2. The fourth-order valence-electron chi connectivity index (χ4n) is 3.19. The van der Waals surface area contributed by atoms with Gasteiger partial charge in [-0.25, -0.2) is 0 Å². The van der Waals surface area contributed by atoms with Crippen LogP contribution in [0.15, 0.2) is 11.1 Å². The van der Waals surface area contributed by atoms with Gasteiger partial charge in [0.1, 0.15) is 0 Å². The number of ether oxygens (including phenoxy) is 3. The minimum atomic E-state index is -0.403. The summed E-state index contributed by atoms with van der Waals surface area (Å²) < 4.78 is 16.4. The van der Waals surface area contributed by atoms with Crippen molar-refractivity contribution < 1.29 is 19.0 Å². The highest BCUT2D eigenvalue weighted by Crippen LogP contribution is 2.44. The summed E-state index contributed by atoms with van der Waals surface area (Å²) in [5.74, 6) is -0.258. The lowest BCUT2D eigenvalue weighted by Crippen LogP contribution is -2.41. The summed E-state index contributed by atoms with van der Waals surface area (Å²) in [6.45, 7) is 5.75. The minimum absolute atomic E-state index is 0.134. The van der Waals surface area contributed by atoms with Crippen molar-refractivity contribution >= 4 is 5.97 Å². The Labute approximate surface area is 115 Å². The summed E-state index contributed by atoms with van der Waals surface area (Å²) >= 11 is 0. The molecule has 108 valence electrons. The molecule has 1 aliphatic heterocycles. The van der Waals surface area contributed by atoms with E-state index in [9.17, 15) is 4.79 Å². The van der Waals surface area contributed by atoms with Gasteiger partial charge in [-0.15, -0.1) is 0 Å². The van der Waals surface area contributed by atoms with Gasteiger partial charge in [0.25, 0.3) is 0 Å². The van der Waals surface area contributed by atoms with Gasteiger partial charge >= 0.3 is 5.97 Å². The molecule has 0 amide bonds. The van der Waals surface area contributed by atoms with Crippen LogP contribution in [0.5, 0.6) is 0 Å². The molecule has 1 saturated heterocycles. The summed E-state index contributed by atoms with van der Waals surface area (Å²) in [6.07, 6.45) is 4.21. The lowest BCUT2D eigenvalue weighted by molar-refractivity contribution is -0.191. The molecule has 1 heterocycles. The molecule has 19 heavy (non-hydrogen) atoms. The fourth-order valence-corrected chi connectivity index (χ4v) is 3.19. The monoisotopic (exact) mass is 268 g/mol. The number of carbonyl (C=O) groups is 1. The molecule has 1 aliphatic carbocycles. The Kier molecular flexibility index (Phi) is 4.63. The second-order valence-electron chi connectivity index (χ2n) is 5.47. The average molecular weight is 268 g/mol. The zero-order valence-corrected chi connectivity index (χ0v) is 12.2. The molecule has 1 spiro atoms. The second kappa shape index (κ2) is 6.06. The number of carbonyl (C=O) groups excluding carboxylic acids is 1. The van der Waals surface area contributed by atoms with Crippen molar-refractivity contribution in [2.75, 3.05) is 20.3 Å². The van der Waals surface area contributed by atoms with E-state index >= 15 is 0 Å². The summed E-state index contributed by atoms with van der Waals surface area (Å²) in [6, 6.07) is 0. The maximum Gasteiger partial charge on any atom is 0.305 e. The zero-order chi connectivity index (χ0) is 13.9. The first-order chi connectivity index (χ1) is 9.09. The zero-order valence-electron chi connectivity index (χ0n) is 12.2. The third kappa shape index (κ3) is 3.00. The van der Waals surface area contributed by atoms with Gasteiger partial charge in [-0.3, -0.25) is 4.79 Å². The van der Waals surface area contributed by atoms with Crippen LogP contribution in [0, 0.1) is 5.92 Å². The third-order valence-corrected chi connectivity index (χ3v) is 4.41. The Morgan fingerprint density at radius 2 is 2.11 bits per heavy atom. The molecular formula is C15H24O4. The van der Waals surface area contributed by atoms with Gasteiger partial charge in [-0.1, -0.05) is 18.1 Å². The first-order valence-corrected chi connectivity index (χ1v) is 7.12. The van der Waals surface area contributed by atoms with E-state index in [-0.39, 0.29) is 11.9 Å². The van der Waals surface area contributed by atoms with Crippen molar-refractivity contribution in [3.05, 3.63) is 11.1 Å². The van der Waals surface area contributed by atoms with Gasteiger partial charge in [0.15, 0.2) is 5.79 Å². The highest BCUT2D eigenvalue weighted by Gasteiger charge is 2.45. The largest absolute Gasteiger partial charge is 0.469 e. The van der Waals surface area contributed by atoms with Crippen molar-refractivity contribution in [2.45, 2.75) is 51.7 Å². The molecule has 0 radical (unpaired) electrons. The quantitative estimate of drug-likeness (QED) is 0.581. The average Bonchev–Trinajstić information content (AvgIpc) is 2.88. The normalized spacial score (nSPS) is 25.9. The minimum Gasteiger partial charge on any atom is -0.469 e. The molecule has 0 N–H and O–H groups in total. The second-order valence-corrected chi connectivity index (χ2v) is 5.47. The van der Waals surface area contributed by atoms with Crippen LogP contribution >= 0.6 is 0 Å². The lowest BCUT2D eigenvalue weighted by atomic mass is 9.77. The summed E-state index contributed by atoms with van der Waals surface area (Å²) in [7, 11) is 1.44. The van der Waals surface area contributed by atoms with Crippen LogP contribution in [0.1, 0.15) is 46.0 Å². The van der Waals surface area contributed by atoms with E-state index in [2.05, 4.69) is 18.6 Å². The molecule has 1 unspecified atom stereocenters. The Morgan fingerprint density at radius 3 is 2.74 bits per heavy atom. The highest BCUT2D eigenvalue weighted by molar-refractivity contribution is 5.69. The Bertz CT molecular complexity index is 366. The molecule has 2 rings (SSSR count). The smallest absolute Gasteiger partial charge is 0.305 e. The van der Waals surface area contributed by atoms with E-state index in [1.807, 2.05) is 0 Å². The van der Waals surface area contributed by atoms with Crippen LogP contribution in [0.25, 0.3) is 0 Å². The van der Waals surface area contributed by atoms with Crippen molar-refractivity contribution in [1.82, 2.24) is 0 Å². The number of hydrogen-bond donors (Lipinski definition) is 0. The summed E-state index contributed by atoms with van der Waals surface area (Å²) in [5, 5.41) is 0. The number of hydrogen-bond acceptors (Lipinski definition) is 4. The standard InChI is InChI=1S/C15H24O4/c1-11-7-8-15(18-9-10-19-15)12(2)13(11)5-4-6-14(16)17-3/h12H,4-10H2,1-3H3. The van der Waals surface area contributed by atoms with Gasteiger partial charge in [0.05, 0.1) is 20.3 Å². The molecule has 1 fully saturated rings. The summed E-state index contributed by atoms with van der Waals surface area (Å²) in [5.41, 5.74) is 2.83. The number of esters is 1. The number of rotatable bonds is 4. The molecular weight excluding hydrogens is 244 g/mol. The lowest BCUT2D eigenvalue weighted by Gasteiger charge is -2.40.